The maximum Gasteiger partial charge on any atom is 0.135 e. The van der Waals surface area contributed by atoms with E-state index < -0.39 is 0 Å². The highest BCUT2D eigenvalue weighted by Gasteiger charge is 2.14. The molecular weight excluding hydrogens is 272 g/mol. The van der Waals surface area contributed by atoms with Crippen molar-refractivity contribution in [2.45, 2.75) is 0 Å². The molecule has 2 heteroatoms. The van der Waals surface area contributed by atoms with E-state index in [-0.39, 0.29) is 0 Å². The Balaban J connectivity index is 1.98. The van der Waals surface area contributed by atoms with Gasteiger partial charge in [-0.05, 0) is 17.7 Å². The number of rotatable bonds is 4. The van der Waals surface area contributed by atoms with Crippen LogP contribution in [0.4, 0.5) is 0 Å². The molecule has 0 amide bonds. The summed E-state index contributed by atoms with van der Waals surface area (Å²) >= 11 is 0. The second-order valence-electron chi connectivity index (χ2n) is 5.01. The average Bonchev–Trinajstić information content (AvgIpc) is 2.61. The van der Waals surface area contributed by atoms with Gasteiger partial charge in [-0.25, -0.2) is 0 Å². The summed E-state index contributed by atoms with van der Waals surface area (Å²) in [5, 5.41) is 0. The van der Waals surface area contributed by atoms with Gasteiger partial charge in [-0.3, -0.25) is 0 Å². The van der Waals surface area contributed by atoms with Gasteiger partial charge in [-0.1, -0.05) is 66.7 Å². The number of methoxy groups -OCH3 is 1. The number of ether oxygens (including phenoxy) is 2. The fourth-order valence-corrected chi connectivity index (χ4v) is 2.31. The zero-order chi connectivity index (χ0) is 15.2. The summed E-state index contributed by atoms with van der Waals surface area (Å²) in [5.74, 6) is 1.70. The van der Waals surface area contributed by atoms with Crippen molar-refractivity contribution in [3.63, 3.8) is 0 Å². The van der Waals surface area contributed by atoms with Crippen LogP contribution in [0.3, 0.4) is 0 Å². The molecule has 2 aromatic carbocycles. The Kier molecular flexibility index (Phi) is 4.52. The summed E-state index contributed by atoms with van der Waals surface area (Å²) in [6, 6.07) is 20.3. The molecule has 22 heavy (non-hydrogen) atoms. The van der Waals surface area contributed by atoms with Crippen LogP contribution in [0, 0.1) is 0 Å². The van der Waals surface area contributed by atoms with Gasteiger partial charge in [0.15, 0.2) is 0 Å². The van der Waals surface area contributed by atoms with Gasteiger partial charge in [0.1, 0.15) is 11.5 Å². The molecule has 0 unspecified atom stereocenters. The molecule has 1 aliphatic heterocycles. The van der Waals surface area contributed by atoms with Crippen molar-refractivity contribution in [2.75, 3.05) is 13.7 Å². The molecule has 0 atom stereocenters. The minimum Gasteiger partial charge on any atom is -0.456 e. The molecule has 1 aliphatic rings. The Labute approximate surface area is 131 Å². The first kappa shape index (κ1) is 14.4. The summed E-state index contributed by atoms with van der Waals surface area (Å²) in [7, 11) is 1.69. The van der Waals surface area contributed by atoms with E-state index in [0.29, 0.717) is 6.61 Å². The third-order valence-electron chi connectivity index (χ3n) is 3.42. The van der Waals surface area contributed by atoms with Crippen molar-refractivity contribution < 1.29 is 9.47 Å². The number of benzene rings is 2. The molecule has 0 N–H and O–H groups in total. The van der Waals surface area contributed by atoms with Gasteiger partial charge in [0.2, 0.25) is 0 Å². The van der Waals surface area contributed by atoms with Crippen LogP contribution in [0.2, 0.25) is 0 Å². The van der Waals surface area contributed by atoms with Crippen LogP contribution in [-0.4, -0.2) is 13.7 Å². The van der Waals surface area contributed by atoms with Crippen LogP contribution >= 0.6 is 0 Å². The van der Waals surface area contributed by atoms with E-state index in [0.717, 1.165) is 28.2 Å². The molecule has 1 heterocycles. The molecule has 0 fully saturated rings. The molecule has 2 aromatic rings. The second kappa shape index (κ2) is 6.92. The Morgan fingerprint density at radius 3 is 1.77 bits per heavy atom. The van der Waals surface area contributed by atoms with Crippen molar-refractivity contribution in [3.05, 3.63) is 95.6 Å². The largest absolute Gasteiger partial charge is 0.456 e. The molecular formula is C20H18O2. The molecule has 0 aliphatic carbocycles. The third kappa shape index (κ3) is 3.35. The monoisotopic (exact) mass is 290 g/mol. The molecule has 110 valence electrons. The first-order chi connectivity index (χ1) is 10.9. The van der Waals surface area contributed by atoms with Gasteiger partial charge >= 0.3 is 0 Å². The van der Waals surface area contributed by atoms with Gasteiger partial charge in [-0.15, -0.1) is 0 Å². The van der Waals surface area contributed by atoms with Crippen molar-refractivity contribution >= 4 is 11.5 Å². The summed E-state index contributed by atoms with van der Waals surface area (Å²) in [4.78, 5) is 0. The molecule has 3 rings (SSSR count). The van der Waals surface area contributed by atoms with Crippen LogP contribution in [0.15, 0.2) is 84.5 Å². The van der Waals surface area contributed by atoms with E-state index in [1.165, 1.54) is 0 Å². The molecule has 0 bridgehead atoms. The standard InChI is InChI=1S/C20H18O2/c1-21-13-12-16-14-19(17-8-4-2-5-9-17)22-20(15-16)18-10-6-3-7-11-18/h2-12,14-15H,13H2,1H3. The lowest BCUT2D eigenvalue weighted by Gasteiger charge is -2.19. The van der Waals surface area contributed by atoms with Crippen molar-refractivity contribution in [1.29, 1.82) is 0 Å². The minimum atomic E-state index is 0.576. The highest BCUT2D eigenvalue weighted by atomic mass is 16.5. The summed E-state index contributed by atoms with van der Waals surface area (Å²) in [6.07, 6.45) is 6.13. The summed E-state index contributed by atoms with van der Waals surface area (Å²) in [6.45, 7) is 0.576. The fraction of sp³-hybridized carbons (Fsp3) is 0.100. The molecule has 0 saturated heterocycles. The number of allylic oxidation sites excluding steroid dienone is 3. The quantitative estimate of drug-likeness (QED) is 0.814. The van der Waals surface area contributed by atoms with Crippen molar-refractivity contribution in [1.82, 2.24) is 0 Å². The Morgan fingerprint density at radius 1 is 0.818 bits per heavy atom. The van der Waals surface area contributed by atoms with Crippen LogP contribution < -0.4 is 0 Å². The van der Waals surface area contributed by atoms with Gasteiger partial charge < -0.3 is 9.47 Å². The molecule has 0 spiro atoms. The smallest absolute Gasteiger partial charge is 0.135 e. The maximum atomic E-state index is 6.11. The van der Waals surface area contributed by atoms with E-state index in [9.17, 15) is 0 Å². The van der Waals surface area contributed by atoms with Crippen LogP contribution in [0.25, 0.3) is 11.5 Å². The Bertz CT molecular complexity index is 652. The van der Waals surface area contributed by atoms with E-state index >= 15 is 0 Å². The Morgan fingerprint density at radius 2 is 1.32 bits per heavy atom. The van der Waals surface area contributed by atoms with Gasteiger partial charge in [0.05, 0.1) is 6.61 Å². The molecule has 0 radical (unpaired) electrons. The number of hydrogen-bond donors (Lipinski definition) is 0. The molecule has 0 aromatic heterocycles. The highest BCUT2D eigenvalue weighted by molar-refractivity contribution is 5.77. The summed E-state index contributed by atoms with van der Waals surface area (Å²) < 4.78 is 11.3. The average molecular weight is 290 g/mol. The number of hydrogen-bond acceptors (Lipinski definition) is 2. The van der Waals surface area contributed by atoms with Crippen molar-refractivity contribution in [3.8, 4) is 0 Å². The first-order valence-electron chi connectivity index (χ1n) is 7.28. The minimum absolute atomic E-state index is 0.576. The second-order valence-corrected chi connectivity index (χ2v) is 5.01. The lowest BCUT2D eigenvalue weighted by Crippen LogP contribution is -2.00. The van der Waals surface area contributed by atoms with E-state index in [1.807, 2.05) is 72.8 Å². The van der Waals surface area contributed by atoms with Crippen molar-refractivity contribution in [2.24, 2.45) is 0 Å². The van der Waals surface area contributed by atoms with Gasteiger partial charge in [0.25, 0.3) is 0 Å². The lowest BCUT2D eigenvalue weighted by molar-refractivity contribution is 0.233. The summed E-state index contributed by atoms with van der Waals surface area (Å²) in [5.41, 5.74) is 3.21. The van der Waals surface area contributed by atoms with Gasteiger partial charge in [0, 0.05) is 18.2 Å². The normalized spacial score (nSPS) is 14.0. The maximum absolute atomic E-state index is 6.11. The van der Waals surface area contributed by atoms with Crippen LogP contribution in [0.1, 0.15) is 11.1 Å². The molecule has 2 nitrogen and oxygen atoms in total. The topological polar surface area (TPSA) is 18.5 Å². The van der Waals surface area contributed by atoms with E-state index in [1.54, 1.807) is 7.11 Å². The third-order valence-corrected chi connectivity index (χ3v) is 3.42. The zero-order valence-electron chi connectivity index (χ0n) is 12.5. The predicted octanol–water partition coefficient (Wildman–Crippen LogP) is 4.67. The predicted molar refractivity (Wildman–Crippen MR) is 89.9 cm³/mol. The van der Waals surface area contributed by atoms with Gasteiger partial charge in [-0.2, -0.15) is 0 Å². The SMILES string of the molecule is COCC=C1C=C(c2ccccc2)OC(c2ccccc2)=C1. The zero-order valence-corrected chi connectivity index (χ0v) is 12.5. The molecule has 0 saturated carbocycles. The van der Waals surface area contributed by atoms with E-state index in [2.05, 4.69) is 6.08 Å². The highest BCUT2D eigenvalue weighted by Crippen LogP contribution is 2.31. The van der Waals surface area contributed by atoms with Crippen LogP contribution in [0.5, 0.6) is 0 Å². The van der Waals surface area contributed by atoms with E-state index in [4.69, 9.17) is 9.47 Å². The lowest BCUT2D eigenvalue weighted by atomic mass is 10.0. The Hall–Kier alpha value is -2.58. The fourth-order valence-electron chi connectivity index (χ4n) is 2.31. The van der Waals surface area contributed by atoms with Crippen LogP contribution in [-0.2, 0) is 9.47 Å². The first-order valence-corrected chi connectivity index (χ1v) is 7.28.